The van der Waals surface area contributed by atoms with Crippen LogP contribution in [0, 0.1) is 5.82 Å². The molecule has 94 valence electrons. The lowest BCUT2D eigenvalue weighted by molar-refractivity contribution is 0.0491. The van der Waals surface area contributed by atoms with E-state index < -0.39 is 11.8 Å². The van der Waals surface area contributed by atoms with Crippen molar-refractivity contribution in [2.24, 2.45) is 0 Å². The van der Waals surface area contributed by atoms with Crippen LogP contribution in [-0.4, -0.2) is 17.6 Å². The minimum Gasteiger partial charge on any atom is -0.460 e. The number of carbonyl (C=O) groups is 1. The molecule has 0 N–H and O–H groups in total. The third-order valence-corrected chi connectivity index (χ3v) is 2.46. The molecule has 0 spiro atoms. The fourth-order valence-corrected chi connectivity index (χ4v) is 1.45. The van der Waals surface area contributed by atoms with Crippen LogP contribution in [0.15, 0.2) is 28.8 Å². The molecule has 0 radical (unpaired) electrons. The van der Waals surface area contributed by atoms with Crippen LogP contribution in [0.25, 0.3) is 11.5 Å². The van der Waals surface area contributed by atoms with Gasteiger partial charge in [0.15, 0.2) is 0 Å². The Morgan fingerprint density at radius 2 is 2.33 bits per heavy atom. The van der Waals surface area contributed by atoms with Crippen LogP contribution in [-0.2, 0) is 4.74 Å². The lowest BCUT2D eigenvalue weighted by atomic mass is 10.2. The van der Waals surface area contributed by atoms with Crippen molar-refractivity contribution in [3.8, 4) is 11.5 Å². The van der Waals surface area contributed by atoms with E-state index in [0.717, 1.165) is 0 Å². The van der Waals surface area contributed by atoms with Crippen molar-refractivity contribution in [1.29, 1.82) is 0 Å². The number of rotatable bonds is 3. The largest absolute Gasteiger partial charge is 0.460 e. The highest BCUT2D eigenvalue weighted by molar-refractivity contribution is 6.30. The summed E-state index contributed by atoms with van der Waals surface area (Å²) < 4.78 is 23.2. The van der Waals surface area contributed by atoms with Gasteiger partial charge in [-0.25, -0.2) is 14.2 Å². The van der Waals surface area contributed by atoms with E-state index in [1.54, 1.807) is 13.0 Å². The molecule has 2 aromatic rings. The quantitative estimate of drug-likeness (QED) is 0.802. The van der Waals surface area contributed by atoms with Crippen molar-refractivity contribution < 1.29 is 18.3 Å². The molecule has 0 aliphatic carbocycles. The summed E-state index contributed by atoms with van der Waals surface area (Å²) in [7, 11) is 0. The van der Waals surface area contributed by atoms with Crippen LogP contribution < -0.4 is 0 Å². The molecule has 0 bridgehead atoms. The monoisotopic (exact) mass is 269 g/mol. The third-order valence-electron chi connectivity index (χ3n) is 2.15. The van der Waals surface area contributed by atoms with Gasteiger partial charge in [-0.1, -0.05) is 11.6 Å². The van der Waals surface area contributed by atoms with Crippen LogP contribution >= 0.6 is 11.6 Å². The molecule has 1 aromatic carbocycles. The predicted molar refractivity (Wildman–Crippen MR) is 62.9 cm³/mol. The highest BCUT2D eigenvalue weighted by Crippen LogP contribution is 2.24. The Kier molecular flexibility index (Phi) is 3.62. The van der Waals surface area contributed by atoms with Crippen molar-refractivity contribution >= 4 is 17.6 Å². The lowest BCUT2D eigenvalue weighted by Gasteiger charge is -1.98. The molecule has 0 saturated heterocycles. The number of esters is 1. The number of aromatic nitrogens is 1. The van der Waals surface area contributed by atoms with E-state index in [2.05, 4.69) is 4.98 Å². The number of ether oxygens (including phenoxy) is 1. The average Bonchev–Trinajstić information content (AvgIpc) is 2.82. The summed E-state index contributed by atoms with van der Waals surface area (Å²) in [5.41, 5.74) is 0.396. The summed E-state index contributed by atoms with van der Waals surface area (Å²) in [5, 5.41) is 0.0101. The van der Waals surface area contributed by atoms with Gasteiger partial charge in [0.25, 0.3) is 0 Å². The topological polar surface area (TPSA) is 52.3 Å². The van der Waals surface area contributed by atoms with Gasteiger partial charge in [-0.2, -0.15) is 0 Å². The summed E-state index contributed by atoms with van der Waals surface area (Å²) in [6, 6.07) is 4.12. The van der Waals surface area contributed by atoms with Crippen molar-refractivity contribution in [3.05, 3.63) is 41.0 Å². The second kappa shape index (κ2) is 5.18. The van der Waals surface area contributed by atoms with Gasteiger partial charge in [0.2, 0.25) is 11.7 Å². The van der Waals surface area contributed by atoms with Crippen LogP contribution in [0.1, 0.15) is 17.5 Å². The molecule has 0 amide bonds. The molecule has 0 aliphatic heterocycles. The van der Waals surface area contributed by atoms with Crippen LogP contribution in [0.2, 0.25) is 5.02 Å². The first-order chi connectivity index (χ1) is 8.61. The first-order valence-corrected chi connectivity index (χ1v) is 5.58. The van der Waals surface area contributed by atoms with Gasteiger partial charge in [-0.05, 0) is 25.1 Å². The van der Waals surface area contributed by atoms with Crippen LogP contribution in [0.3, 0.4) is 0 Å². The molecule has 1 aromatic heterocycles. The van der Waals surface area contributed by atoms with Gasteiger partial charge in [0.05, 0.1) is 17.8 Å². The van der Waals surface area contributed by atoms with Gasteiger partial charge in [-0.15, -0.1) is 0 Å². The van der Waals surface area contributed by atoms with E-state index in [-0.39, 0.29) is 23.3 Å². The molecule has 2 rings (SSSR count). The van der Waals surface area contributed by atoms with E-state index in [1.807, 2.05) is 0 Å². The molecule has 0 saturated carbocycles. The van der Waals surface area contributed by atoms with E-state index in [1.165, 1.54) is 18.3 Å². The first kappa shape index (κ1) is 12.6. The van der Waals surface area contributed by atoms with Crippen molar-refractivity contribution in [1.82, 2.24) is 4.98 Å². The Morgan fingerprint density at radius 3 is 3.00 bits per heavy atom. The zero-order valence-electron chi connectivity index (χ0n) is 9.44. The van der Waals surface area contributed by atoms with Gasteiger partial charge < -0.3 is 9.15 Å². The number of hydrogen-bond acceptors (Lipinski definition) is 4. The summed E-state index contributed by atoms with van der Waals surface area (Å²) >= 11 is 5.56. The van der Waals surface area contributed by atoms with Crippen molar-refractivity contribution in [2.45, 2.75) is 6.92 Å². The Labute approximate surface area is 107 Å². The third kappa shape index (κ3) is 2.51. The normalized spacial score (nSPS) is 10.4. The number of benzene rings is 1. The van der Waals surface area contributed by atoms with Crippen LogP contribution in [0.5, 0.6) is 0 Å². The minimum absolute atomic E-state index is 0.0101. The van der Waals surface area contributed by atoms with Crippen LogP contribution in [0.4, 0.5) is 4.39 Å². The highest BCUT2D eigenvalue weighted by atomic mass is 35.5. The van der Waals surface area contributed by atoms with E-state index in [4.69, 9.17) is 20.8 Å². The molecule has 0 atom stereocenters. The van der Waals surface area contributed by atoms with Gasteiger partial charge in [0.1, 0.15) is 5.82 Å². The molecule has 18 heavy (non-hydrogen) atoms. The SMILES string of the molecule is CCOC(=O)c1cnc(-c2ccc(Cl)c(F)c2)o1. The minimum atomic E-state index is -0.606. The Morgan fingerprint density at radius 1 is 1.56 bits per heavy atom. The Balaban J connectivity index is 2.29. The average molecular weight is 270 g/mol. The van der Waals surface area contributed by atoms with E-state index in [9.17, 15) is 9.18 Å². The zero-order valence-corrected chi connectivity index (χ0v) is 10.2. The van der Waals surface area contributed by atoms with E-state index >= 15 is 0 Å². The number of nitrogens with zero attached hydrogens (tertiary/aromatic N) is 1. The number of oxazole rings is 1. The van der Waals surface area contributed by atoms with Gasteiger partial charge >= 0.3 is 5.97 Å². The molecule has 0 unspecified atom stereocenters. The zero-order chi connectivity index (χ0) is 13.1. The highest BCUT2D eigenvalue weighted by Gasteiger charge is 2.15. The maximum absolute atomic E-state index is 13.3. The smallest absolute Gasteiger partial charge is 0.375 e. The first-order valence-electron chi connectivity index (χ1n) is 5.20. The number of hydrogen-bond donors (Lipinski definition) is 0. The summed E-state index contributed by atoms with van der Waals surface area (Å²) in [5.74, 6) is -1.08. The fraction of sp³-hybridized carbons (Fsp3) is 0.167. The van der Waals surface area contributed by atoms with Crippen molar-refractivity contribution in [2.75, 3.05) is 6.61 Å². The standard InChI is InChI=1S/C12H9ClFNO3/c1-2-17-12(16)10-6-15-11(18-10)7-3-4-8(13)9(14)5-7/h3-6H,2H2,1H3. The number of halogens is 2. The van der Waals surface area contributed by atoms with Crippen molar-refractivity contribution in [3.63, 3.8) is 0 Å². The maximum atomic E-state index is 13.3. The second-order valence-corrected chi connectivity index (χ2v) is 3.79. The predicted octanol–water partition coefficient (Wildman–Crippen LogP) is 3.31. The van der Waals surface area contributed by atoms with Gasteiger partial charge in [-0.3, -0.25) is 0 Å². The summed E-state index contributed by atoms with van der Waals surface area (Å²) in [6.45, 7) is 1.92. The van der Waals surface area contributed by atoms with E-state index in [0.29, 0.717) is 5.56 Å². The molecular formula is C12H9ClFNO3. The molecule has 0 fully saturated rings. The molecule has 0 aliphatic rings. The fourth-order valence-electron chi connectivity index (χ4n) is 1.33. The lowest BCUT2D eigenvalue weighted by Crippen LogP contribution is -2.02. The second-order valence-electron chi connectivity index (χ2n) is 3.38. The summed E-state index contributed by atoms with van der Waals surface area (Å²) in [4.78, 5) is 15.2. The Bertz CT molecular complexity index is 582. The summed E-state index contributed by atoms with van der Waals surface area (Å²) in [6.07, 6.45) is 1.24. The van der Waals surface area contributed by atoms with Gasteiger partial charge in [0, 0.05) is 5.56 Å². The molecular weight excluding hydrogens is 261 g/mol. The maximum Gasteiger partial charge on any atom is 0.375 e. The molecule has 6 heteroatoms. The molecule has 1 heterocycles. The molecule has 4 nitrogen and oxygen atoms in total. The number of carbonyl (C=O) groups excluding carboxylic acids is 1. The Hall–Kier alpha value is -1.88.